The Hall–Kier alpha value is -7.11. The second-order valence-corrected chi connectivity index (χ2v) is 22.6. The molecule has 0 radical (unpaired) electrons. The second-order valence-electron chi connectivity index (χ2n) is 22.6. The van der Waals surface area contributed by atoms with Crippen molar-refractivity contribution in [3.05, 3.63) is 203 Å². The Kier molecular flexibility index (Phi) is 11.7. The first kappa shape index (κ1) is 43.9. The average molecular weight is 938 g/mol. The Labute approximate surface area is 427 Å². The third-order valence-electron chi connectivity index (χ3n) is 14.4. The Morgan fingerprint density at radius 3 is 2.06 bits per heavy atom. The quantitative estimate of drug-likeness (QED) is 0.114. The smallest absolute Gasteiger partial charge is 0.137 e. The molecule has 0 N–H and O–H groups in total. The molecule has 0 aliphatic carbocycles. The molecule has 0 fully saturated rings. The van der Waals surface area contributed by atoms with Crippen molar-refractivity contribution in [1.29, 1.82) is 0 Å². The van der Waals surface area contributed by atoms with Crippen molar-refractivity contribution in [3.63, 3.8) is 0 Å². The normalized spacial score (nSPS) is 13.9. The van der Waals surface area contributed by atoms with Crippen LogP contribution in [-0.2, 0) is 29.3 Å². The summed E-state index contributed by atoms with van der Waals surface area (Å²) in [4.78, 5) is 9.78. The molecule has 360 valence electrons. The number of hydrogen-bond donors (Lipinski definition) is 0. The molecule has 0 amide bonds. The molecule has 0 saturated heterocycles. The van der Waals surface area contributed by atoms with Crippen LogP contribution in [0.3, 0.4) is 0 Å². The van der Waals surface area contributed by atoms with Crippen molar-refractivity contribution in [2.24, 2.45) is 0 Å². The summed E-state index contributed by atoms with van der Waals surface area (Å²) in [7, 11) is 0. The summed E-state index contributed by atoms with van der Waals surface area (Å²) in [5.41, 5.74) is 16.2. The first-order valence-electron chi connectivity index (χ1n) is 26.9. The summed E-state index contributed by atoms with van der Waals surface area (Å²) in [6.07, 6.45) is 4.32. The van der Waals surface area contributed by atoms with E-state index in [-0.39, 0.29) is 16.2 Å². The summed E-state index contributed by atoms with van der Waals surface area (Å²) in [6.45, 7) is 19.9. The average Bonchev–Trinajstić information content (AvgIpc) is 3.91. The molecule has 0 spiro atoms. The van der Waals surface area contributed by atoms with Crippen LogP contribution in [0.1, 0.15) is 113 Å². The first-order valence-corrected chi connectivity index (χ1v) is 25.4. The van der Waals surface area contributed by atoms with Crippen molar-refractivity contribution in [3.8, 4) is 33.8 Å². The van der Waals surface area contributed by atoms with Gasteiger partial charge in [-0.3, -0.25) is 4.57 Å². The number of aromatic nitrogens is 2. The van der Waals surface area contributed by atoms with Crippen molar-refractivity contribution >= 4 is 38.9 Å². The van der Waals surface area contributed by atoms with E-state index >= 15 is 0 Å². The highest BCUT2D eigenvalue weighted by Gasteiger charge is 2.28. The highest BCUT2D eigenvalue weighted by atomic mass is 16.5. The number of pyridine rings is 1. The van der Waals surface area contributed by atoms with Crippen LogP contribution in [0.4, 0.5) is 17.1 Å². The van der Waals surface area contributed by atoms with E-state index in [1.807, 2.05) is 18.3 Å². The monoisotopic (exact) mass is 938 g/mol. The highest BCUT2D eigenvalue weighted by Crippen LogP contribution is 2.44. The van der Waals surface area contributed by atoms with E-state index in [9.17, 15) is 0 Å². The van der Waals surface area contributed by atoms with Gasteiger partial charge in [-0.15, -0.1) is 0 Å². The molecule has 0 unspecified atom stereocenters. The van der Waals surface area contributed by atoms with E-state index in [1.165, 1.54) is 38.9 Å². The summed E-state index contributed by atoms with van der Waals surface area (Å²) in [6, 6.07) is 58.1. The van der Waals surface area contributed by atoms with Gasteiger partial charge in [0.15, 0.2) is 0 Å². The standard InChI is InChI=1S/C66H70N4O/c1-45-20-18-27-56(49-37-51(65(5,6)7)40-52(38-49)66(8,9)10)55(45)25-16-17-35-68-44-69(60-32-29-48(39-62(60)68)47-22-12-11-13-23-47)53-24-19-21-46(36-53)43-71-54-30-31-58-57-26-14-15-28-59(57)70(61(58)42-54)63-41-50(33-34-67-63)64(2,3)4/h11-15,18-24,26-34,36-42H,16-17,25,35,43-44H2,1-10H3/i1D3. The zero-order valence-electron chi connectivity index (χ0n) is 46.1. The summed E-state index contributed by atoms with van der Waals surface area (Å²) >= 11 is 0. The minimum Gasteiger partial charge on any atom is -0.489 e. The number of nitrogens with zero attached hydrogens (tertiary/aromatic N) is 4. The maximum Gasteiger partial charge on any atom is 0.137 e. The summed E-state index contributed by atoms with van der Waals surface area (Å²) < 4.78 is 34.9. The number of anilines is 3. The highest BCUT2D eigenvalue weighted by molar-refractivity contribution is 6.09. The topological polar surface area (TPSA) is 33.5 Å². The SMILES string of the molecule is [2H]C([2H])([2H])c1cccc(-c2cc(C(C)(C)C)cc(C(C)(C)C)c2)c1CCCCN1CN(c2cccc(COc3ccc4c5ccccc5n(-c5cc(C(C)(C)C)ccn5)c4c3)c2)c2ccc(-c3ccccc3)cc21. The summed E-state index contributed by atoms with van der Waals surface area (Å²) in [5, 5.41) is 2.34. The number of unbranched alkanes of at least 4 members (excludes halogenated alkanes) is 1. The lowest BCUT2D eigenvalue weighted by molar-refractivity contribution is 0.306. The Morgan fingerprint density at radius 2 is 1.30 bits per heavy atom. The molecule has 10 rings (SSSR count). The van der Waals surface area contributed by atoms with Crippen LogP contribution in [0.2, 0.25) is 0 Å². The summed E-state index contributed by atoms with van der Waals surface area (Å²) in [5.74, 6) is 1.69. The van der Waals surface area contributed by atoms with E-state index in [1.54, 1.807) is 0 Å². The molecular weight excluding hydrogens is 865 g/mol. The van der Waals surface area contributed by atoms with Gasteiger partial charge in [0.2, 0.25) is 0 Å². The number of rotatable bonds is 12. The molecule has 0 bridgehead atoms. The minimum atomic E-state index is -2.23. The molecule has 5 nitrogen and oxygen atoms in total. The van der Waals surface area contributed by atoms with Gasteiger partial charge in [0.1, 0.15) is 18.2 Å². The third kappa shape index (κ3) is 9.85. The van der Waals surface area contributed by atoms with Crippen molar-refractivity contribution < 1.29 is 8.85 Å². The fourth-order valence-electron chi connectivity index (χ4n) is 10.2. The number of para-hydroxylation sites is 1. The van der Waals surface area contributed by atoms with E-state index < -0.39 is 6.85 Å². The molecule has 0 saturated carbocycles. The Balaban J connectivity index is 0.911. The van der Waals surface area contributed by atoms with Crippen molar-refractivity contribution in [2.75, 3.05) is 23.0 Å². The zero-order valence-corrected chi connectivity index (χ0v) is 43.1. The van der Waals surface area contributed by atoms with Crippen LogP contribution in [-0.4, -0.2) is 22.8 Å². The largest absolute Gasteiger partial charge is 0.489 e. The first-order chi connectivity index (χ1) is 35.2. The van der Waals surface area contributed by atoms with Gasteiger partial charge < -0.3 is 14.5 Å². The van der Waals surface area contributed by atoms with Gasteiger partial charge in [-0.05, 0) is 153 Å². The molecule has 1 aliphatic rings. The molecule has 71 heavy (non-hydrogen) atoms. The Morgan fingerprint density at radius 1 is 0.563 bits per heavy atom. The predicted molar refractivity (Wildman–Crippen MR) is 301 cm³/mol. The molecule has 3 heterocycles. The van der Waals surface area contributed by atoms with Crippen LogP contribution in [0.15, 0.2) is 170 Å². The Bertz CT molecular complexity index is 3470. The van der Waals surface area contributed by atoms with Gasteiger partial charge in [0, 0.05) is 39.4 Å². The van der Waals surface area contributed by atoms with Gasteiger partial charge in [-0.2, -0.15) is 0 Å². The van der Waals surface area contributed by atoms with Crippen LogP contribution in [0.5, 0.6) is 5.75 Å². The van der Waals surface area contributed by atoms with E-state index in [0.717, 1.165) is 81.0 Å². The number of hydrogen-bond acceptors (Lipinski definition) is 4. The van der Waals surface area contributed by atoms with Gasteiger partial charge in [-0.25, -0.2) is 4.98 Å². The third-order valence-corrected chi connectivity index (χ3v) is 14.4. The maximum atomic E-state index is 8.65. The second kappa shape index (κ2) is 18.9. The van der Waals surface area contributed by atoms with Gasteiger partial charge in [0.25, 0.3) is 0 Å². The fourth-order valence-corrected chi connectivity index (χ4v) is 10.2. The van der Waals surface area contributed by atoms with Gasteiger partial charge in [0.05, 0.1) is 29.1 Å². The number of aryl methyl sites for hydroxylation is 1. The van der Waals surface area contributed by atoms with Crippen LogP contribution in [0, 0.1) is 6.85 Å². The lowest BCUT2D eigenvalue weighted by Gasteiger charge is -2.27. The zero-order chi connectivity index (χ0) is 52.2. The lowest BCUT2D eigenvalue weighted by atomic mass is 9.78. The van der Waals surface area contributed by atoms with Gasteiger partial charge >= 0.3 is 0 Å². The fraction of sp³-hybridized carbons (Fsp3) is 0.288. The van der Waals surface area contributed by atoms with Crippen molar-refractivity contribution in [2.45, 2.75) is 111 Å². The van der Waals surface area contributed by atoms with E-state index in [4.69, 9.17) is 13.8 Å². The molecular formula is C66H70N4O. The van der Waals surface area contributed by atoms with Gasteiger partial charge in [-0.1, -0.05) is 165 Å². The maximum absolute atomic E-state index is 8.65. The number of ether oxygens (including phenoxy) is 1. The molecule has 2 aromatic heterocycles. The van der Waals surface area contributed by atoms with Crippen LogP contribution >= 0.6 is 0 Å². The van der Waals surface area contributed by atoms with E-state index in [0.29, 0.717) is 25.3 Å². The predicted octanol–water partition coefficient (Wildman–Crippen LogP) is 17.2. The molecule has 0 atom stereocenters. The number of fused-ring (bicyclic) bond motifs is 4. The number of benzene rings is 7. The van der Waals surface area contributed by atoms with Crippen LogP contribution < -0.4 is 14.5 Å². The molecule has 1 aliphatic heterocycles. The van der Waals surface area contributed by atoms with Crippen LogP contribution in [0.25, 0.3) is 49.9 Å². The van der Waals surface area contributed by atoms with Crippen molar-refractivity contribution in [1.82, 2.24) is 9.55 Å². The lowest BCUT2D eigenvalue weighted by Crippen LogP contribution is -2.28. The molecule has 5 heteroatoms. The van der Waals surface area contributed by atoms with E-state index in [2.05, 4.69) is 228 Å². The molecule has 7 aromatic carbocycles. The molecule has 9 aromatic rings. The minimum absolute atomic E-state index is 0.0140.